The lowest BCUT2D eigenvalue weighted by Crippen LogP contribution is -2.39. The molecule has 2 atom stereocenters. The number of aryl methyl sites for hydroxylation is 1. The van der Waals surface area contributed by atoms with Crippen molar-refractivity contribution < 1.29 is 17.9 Å². The van der Waals surface area contributed by atoms with Crippen LogP contribution in [-0.2, 0) is 14.6 Å². The molecule has 0 heterocycles. The van der Waals surface area contributed by atoms with E-state index in [1.807, 2.05) is 45.0 Å². The highest BCUT2D eigenvalue weighted by molar-refractivity contribution is 7.90. The molecule has 0 spiro atoms. The Labute approximate surface area is 155 Å². The Morgan fingerprint density at radius 1 is 1.08 bits per heavy atom. The van der Waals surface area contributed by atoms with E-state index in [2.05, 4.69) is 5.32 Å². The third-order valence-corrected chi connectivity index (χ3v) is 5.26. The molecule has 0 aliphatic heterocycles. The molecule has 2 rings (SSSR count). The summed E-state index contributed by atoms with van der Waals surface area (Å²) in [5, 5.41) is 2.92. The molecule has 0 aliphatic rings. The average molecular weight is 375 g/mol. The minimum absolute atomic E-state index is 0.201. The lowest BCUT2D eigenvalue weighted by molar-refractivity contribution is -0.128. The zero-order chi connectivity index (χ0) is 19.3. The van der Waals surface area contributed by atoms with Crippen LogP contribution in [0.3, 0.4) is 0 Å². The van der Waals surface area contributed by atoms with Crippen molar-refractivity contribution in [3.63, 3.8) is 0 Å². The fraction of sp³-hybridized carbons (Fsp3) is 0.350. The molecule has 2 aromatic carbocycles. The second-order valence-corrected chi connectivity index (χ2v) is 8.42. The number of rotatable bonds is 7. The van der Waals surface area contributed by atoms with Gasteiger partial charge in [0, 0.05) is 6.26 Å². The number of benzene rings is 2. The first-order valence-corrected chi connectivity index (χ1v) is 10.4. The lowest BCUT2D eigenvalue weighted by atomic mass is 10.1. The number of amides is 1. The summed E-state index contributed by atoms with van der Waals surface area (Å²) < 4.78 is 28.8. The lowest BCUT2D eigenvalue weighted by Gasteiger charge is -2.21. The van der Waals surface area contributed by atoms with E-state index in [1.165, 1.54) is 6.26 Å². The van der Waals surface area contributed by atoms with Crippen molar-refractivity contribution in [2.24, 2.45) is 0 Å². The number of hydrogen-bond acceptors (Lipinski definition) is 4. The Morgan fingerprint density at radius 3 is 2.15 bits per heavy atom. The molecular formula is C20H25NO4S. The monoisotopic (exact) mass is 375 g/mol. The van der Waals surface area contributed by atoms with Crippen LogP contribution in [-0.4, -0.2) is 26.7 Å². The van der Waals surface area contributed by atoms with Gasteiger partial charge < -0.3 is 10.1 Å². The van der Waals surface area contributed by atoms with Crippen LogP contribution in [0.4, 0.5) is 0 Å². The summed E-state index contributed by atoms with van der Waals surface area (Å²) in [5.74, 6) is 0.454. The van der Waals surface area contributed by atoms with Crippen molar-refractivity contribution in [1.29, 1.82) is 0 Å². The van der Waals surface area contributed by atoms with Crippen molar-refractivity contribution in [2.45, 2.75) is 44.2 Å². The molecule has 5 nitrogen and oxygen atoms in total. The van der Waals surface area contributed by atoms with Gasteiger partial charge in [-0.05, 0) is 50.1 Å². The highest BCUT2D eigenvalue weighted by Crippen LogP contribution is 2.18. The van der Waals surface area contributed by atoms with E-state index in [0.29, 0.717) is 12.2 Å². The van der Waals surface area contributed by atoms with Gasteiger partial charge in [0.15, 0.2) is 15.9 Å². The molecule has 0 fully saturated rings. The van der Waals surface area contributed by atoms with E-state index < -0.39 is 15.9 Å². The van der Waals surface area contributed by atoms with E-state index in [0.717, 1.165) is 11.1 Å². The maximum absolute atomic E-state index is 12.5. The van der Waals surface area contributed by atoms with E-state index in [9.17, 15) is 13.2 Å². The van der Waals surface area contributed by atoms with Gasteiger partial charge in [-0.2, -0.15) is 0 Å². The fourth-order valence-electron chi connectivity index (χ4n) is 2.50. The van der Waals surface area contributed by atoms with E-state index in [4.69, 9.17) is 4.74 Å². The number of hydrogen-bond donors (Lipinski definition) is 1. The van der Waals surface area contributed by atoms with Gasteiger partial charge in [-0.25, -0.2) is 8.42 Å². The number of nitrogens with one attached hydrogen (secondary N) is 1. The molecule has 0 radical (unpaired) electrons. The first-order valence-electron chi connectivity index (χ1n) is 8.54. The van der Waals surface area contributed by atoms with Crippen molar-refractivity contribution in [1.82, 2.24) is 5.32 Å². The number of sulfone groups is 1. The smallest absolute Gasteiger partial charge is 0.261 e. The molecular weight excluding hydrogens is 350 g/mol. The molecule has 6 heteroatoms. The Bertz CT molecular complexity index is 842. The number of ether oxygens (including phenoxy) is 1. The molecule has 0 saturated heterocycles. The molecule has 140 valence electrons. The quantitative estimate of drug-likeness (QED) is 0.805. The molecule has 0 aliphatic carbocycles. The summed E-state index contributed by atoms with van der Waals surface area (Å²) in [5.41, 5.74) is 1.96. The Morgan fingerprint density at radius 2 is 1.65 bits per heavy atom. The predicted octanol–water partition coefficient (Wildman–Crippen LogP) is 3.43. The molecule has 0 bridgehead atoms. The summed E-state index contributed by atoms with van der Waals surface area (Å²) in [4.78, 5) is 12.8. The van der Waals surface area contributed by atoms with Gasteiger partial charge in [-0.1, -0.05) is 36.8 Å². The molecule has 2 aromatic rings. The van der Waals surface area contributed by atoms with Gasteiger partial charge in [-0.15, -0.1) is 0 Å². The maximum atomic E-state index is 12.5. The van der Waals surface area contributed by atoms with Crippen LogP contribution in [0.1, 0.15) is 37.4 Å². The van der Waals surface area contributed by atoms with Gasteiger partial charge in [0.1, 0.15) is 5.75 Å². The zero-order valence-corrected chi connectivity index (χ0v) is 16.3. The van der Waals surface area contributed by atoms with E-state index in [-0.39, 0.29) is 16.8 Å². The molecule has 1 N–H and O–H groups in total. The number of carbonyl (C=O) groups is 1. The average Bonchev–Trinajstić information content (AvgIpc) is 2.60. The minimum atomic E-state index is -3.23. The maximum Gasteiger partial charge on any atom is 0.261 e. The van der Waals surface area contributed by atoms with E-state index >= 15 is 0 Å². The molecule has 0 saturated carbocycles. The summed E-state index contributed by atoms with van der Waals surface area (Å²) in [7, 11) is -3.23. The van der Waals surface area contributed by atoms with Gasteiger partial charge in [0.2, 0.25) is 0 Å². The first kappa shape index (κ1) is 20.0. The van der Waals surface area contributed by atoms with Crippen LogP contribution in [0, 0.1) is 6.92 Å². The van der Waals surface area contributed by atoms with Gasteiger partial charge in [-0.3, -0.25) is 4.79 Å². The highest BCUT2D eigenvalue weighted by Gasteiger charge is 2.21. The minimum Gasteiger partial charge on any atom is -0.481 e. The fourth-order valence-corrected chi connectivity index (χ4v) is 3.13. The van der Waals surface area contributed by atoms with Crippen LogP contribution in [0.5, 0.6) is 5.75 Å². The summed E-state index contributed by atoms with van der Waals surface area (Å²) in [6.07, 6.45) is 1.12. The Hall–Kier alpha value is -2.34. The van der Waals surface area contributed by atoms with Crippen molar-refractivity contribution in [3.8, 4) is 5.75 Å². The second-order valence-electron chi connectivity index (χ2n) is 6.40. The zero-order valence-electron chi connectivity index (χ0n) is 15.5. The van der Waals surface area contributed by atoms with Crippen LogP contribution in [0.15, 0.2) is 53.4 Å². The van der Waals surface area contributed by atoms with Crippen molar-refractivity contribution in [2.75, 3.05) is 6.26 Å². The molecule has 0 aromatic heterocycles. The van der Waals surface area contributed by atoms with Gasteiger partial charge in [0.05, 0.1) is 10.9 Å². The normalized spacial score (nSPS) is 13.7. The summed E-state index contributed by atoms with van der Waals surface area (Å²) in [6, 6.07) is 13.8. The van der Waals surface area contributed by atoms with Crippen molar-refractivity contribution in [3.05, 3.63) is 59.7 Å². The third kappa shape index (κ3) is 5.33. The standard InChI is InChI=1S/C20H25NO4S/c1-5-19(25-17-10-6-14(2)7-11-17)20(22)21-15(3)16-8-12-18(13-9-16)26(4,23)24/h6-13,15,19H,5H2,1-4H3,(H,21,22)/t15-,19+/m1/s1. The van der Waals surface area contributed by atoms with Crippen molar-refractivity contribution >= 4 is 15.7 Å². The van der Waals surface area contributed by atoms with Crippen LogP contribution >= 0.6 is 0 Å². The van der Waals surface area contributed by atoms with E-state index in [1.54, 1.807) is 24.3 Å². The highest BCUT2D eigenvalue weighted by atomic mass is 32.2. The first-order chi connectivity index (χ1) is 12.2. The Kier molecular flexibility index (Phi) is 6.42. The molecule has 26 heavy (non-hydrogen) atoms. The third-order valence-electron chi connectivity index (χ3n) is 4.13. The summed E-state index contributed by atoms with van der Waals surface area (Å²) in [6.45, 7) is 5.74. The largest absolute Gasteiger partial charge is 0.481 e. The SMILES string of the molecule is CC[C@H](Oc1ccc(C)cc1)C(=O)N[C@H](C)c1ccc(S(C)(=O)=O)cc1. The molecule has 1 amide bonds. The Balaban J connectivity index is 2.03. The summed E-state index contributed by atoms with van der Waals surface area (Å²) >= 11 is 0. The number of carbonyl (C=O) groups excluding carboxylic acids is 1. The van der Waals surface area contributed by atoms with Crippen LogP contribution in [0.25, 0.3) is 0 Å². The topological polar surface area (TPSA) is 72.5 Å². The van der Waals surface area contributed by atoms with Crippen LogP contribution < -0.4 is 10.1 Å². The van der Waals surface area contributed by atoms with Crippen LogP contribution in [0.2, 0.25) is 0 Å². The van der Waals surface area contributed by atoms with Gasteiger partial charge >= 0.3 is 0 Å². The predicted molar refractivity (Wildman–Crippen MR) is 102 cm³/mol. The molecule has 0 unspecified atom stereocenters. The van der Waals surface area contributed by atoms with Gasteiger partial charge in [0.25, 0.3) is 5.91 Å². The second kappa shape index (κ2) is 8.36.